The molecule has 1 aliphatic rings. The Hall–Kier alpha value is -2.70. The molecule has 1 fully saturated rings. The second-order valence-electron chi connectivity index (χ2n) is 7.06. The van der Waals surface area contributed by atoms with E-state index in [4.69, 9.17) is 4.74 Å². The highest BCUT2D eigenvalue weighted by atomic mass is 32.1. The number of amides is 1. The maximum Gasteiger partial charge on any atom is 0.258 e. The zero-order chi connectivity index (χ0) is 20.2. The normalized spacial score (nSPS) is 14.9. The third-order valence-corrected chi connectivity index (χ3v) is 6.14. The molecule has 0 atom stereocenters. The topological polar surface area (TPSA) is 49.9 Å². The summed E-state index contributed by atoms with van der Waals surface area (Å²) in [5.74, 6) is 0.772. The Morgan fingerprint density at radius 3 is 2.52 bits per heavy atom. The summed E-state index contributed by atoms with van der Waals surface area (Å²) in [6.07, 6.45) is 0. The van der Waals surface area contributed by atoms with Gasteiger partial charge in [-0.1, -0.05) is 36.4 Å². The van der Waals surface area contributed by atoms with Crippen molar-refractivity contribution in [2.24, 2.45) is 0 Å². The van der Waals surface area contributed by atoms with Gasteiger partial charge >= 0.3 is 0 Å². The van der Waals surface area contributed by atoms with Crippen LogP contribution in [0, 0.1) is 0 Å². The van der Waals surface area contributed by atoms with Crippen molar-refractivity contribution in [3.05, 3.63) is 64.4 Å². The number of hydrogen-bond donors (Lipinski definition) is 0. The molecule has 0 bridgehead atoms. The Balaban J connectivity index is 1.48. The minimum Gasteiger partial charge on any atom is -0.493 e. The van der Waals surface area contributed by atoms with Gasteiger partial charge in [0.15, 0.2) is 5.78 Å². The number of ether oxygens (including phenoxy) is 1. The largest absolute Gasteiger partial charge is 0.493 e. The van der Waals surface area contributed by atoms with E-state index >= 15 is 0 Å². The van der Waals surface area contributed by atoms with E-state index < -0.39 is 0 Å². The molecule has 0 saturated carbocycles. The van der Waals surface area contributed by atoms with Gasteiger partial charge in [-0.05, 0) is 35.2 Å². The molecule has 0 unspecified atom stereocenters. The van der Waals surface area contributed by atoms with Crippen LogP contribution in [0.3, 0.4) is 0 Å². The van der Waals surface area contributed by atoms with Gasteiger partial charge < -0.3 is 9.64 Å². The van der Waals surface area contributed by atoms with Crippen LogP contribution in [-0.2, 0) is 0 Å². The lowest BCUT2D eigenvalue weighted by molar-refractivity contribution is 0.0623. The van der Waals surface area contributed by atoms with Crippen molar-refractivity contribution in [1.29, 1.82) is 0 Å². The van der Waals surface area contributed by atoms with Gasteiger partial charge in [0.25, 0.3) is 5.91 Å². The number of carbonyl (C=O) groups excluding carboxylic acids is 2. The van der Waals surface area contributed by atoms with Crippen molar-refractivity contribution in [2.75, 3.05) is 39.3 Å². The van der Waals surface area contributed by atoms with Crippen LogP contribution in [-0.4, -0.2) is 60.8 Å². The van der Waals surface area contributed by atoms with E-state index in [0.29, 0.717) is 50.6 Å². The van der Waals surface area contributed by atoms with Crippen LogP contribution in [0.4, 0.5) is 0 Å². The summed E-state index contributed by atoms with van der Waals surface area (Å²) in [6, 6.07) is 15.5. The molecular weight excluding hydrogens is 384 g/mol. The van der Waals surface area contributed by atoms with E-state index in [2.05, 4.69) is 4.90 Å². The fourth-order valence-electron chi connectivity index (χ4n) is 3.73. The van der Waals surface area contributed by atoms with E-state index in [1.54, 1.807) is 0 Å². The first-order chi connectivity index (χ1) is 14.2. The average Bonchev–Trinajstić information content (AvgIpc) is 3.29. The SMILES string of the molecule is CCOc1ccc2ccccc2c1C(=O)N1CCN(CC(=O)c2cccs2)CC1. The number of Topliss-reactive ketones (excluding diaryl/α,β-unsaturated/α-hetero) is 1. The summed E-state index contributed by atoms with van der Waals surface area (Å²) in [7, 11) is 0. The molecule has 1 aromatic heterocycles. The van der Waals surface area contributed by atoms with Crippen molar-refractivity contribution >= 4 is 33.8 Å². The first-order valence-corrected chi connectivity index (χ1v) is 10.8. The summed E-state index contributed by atoms with van der Waals surface area (Å²) < 4.78 is 5.77. The predicted octanol–water partition coefficient (Wildman–Crippen LogP) is 3.94. The molecule has 0 N–H and O–H groups in total. The lowest BCUT2D eigenvalue weighted by Gasteiger charge is -2.34. The van der Waals surface area contributed by atoms with E-state index in [9.17, 15) is 9.59 Å². The van der Waals surface area contributed by atoms with Crippen LogP contribution >= 0.6 is 11.3 Å². The van der Waals surface area contributed by atoms with Crippen LogP contribution in [0.2, 0.25) is 0 Å². The molecular formula is C23H24N2O3S. The number of rotatable bonds is 6. The predicted molar refractivity (Wildman–Crippen MR) is 116 cm³/mol. The van der Waals surface area contributed by atoms with E-state index in [1.807, 2.05) is 65.7 Å². The Morgan fingerprint density at radius 1 is 1.00 bits per heavy atom. The number of hydrogen-bond acceptors (Lipinski definition) is 5. The van der Waals surface area contributed by atoms with Gasteiger partial charge in [0.05, 0.1) is 23.6 Å². The molecule has 3 aromatic rings. The monoisotopic (exact) mass is 408 g/mol. The van der Waals surface area contributed by atoms with Crippen LogP contribution < -0.4 is 4.74 Å². The number of nitrogens with zero attached hydrogens (tertiary/aromatic N) is 2. The number of piperazine rings is 1. The lowest BCUT2D eigenvalue weighted by Crippen LogP contribution is -2.50. The van der Waals surface area contributed by atoms with Gasteiger partial charge in [-0.2, -0.15) is 0 Å². The molecule has 1 saturated heterocycles. The van der Waals surface area contributed by atoms with Gasteiger partial charge in [0, 0.05) is 26.2 Å². The Bertz CT molecular complexity index is 1010. The standard InChI is InChI=1S/C23H24N2O3S/c1-2-28-20-10-9-17-6-3-4-7-18(17)22(20)23(27)25-13-11-24(12-14-25)16-19(26)21-8-5-15-29-21/h3-10,15H,2,11-14,16H2,1H3. The van der Waals surface area contributed by atoms with Crippen LogP contribution in [0.25, 0.3) is 10.8 Å². The molecule has 4 rings (SSSR count). The first kappa shape index (κ1) is 19.6. The average molecular weight is 409 g/mol. The molecule has 5 nitrogen and oxygen atoms in total. The summed E-state index contributed by atoms with van der Waals surface area (Å²) in [6.45, 7) is 5.43. The van der Waals surface area contributed by atoms with Gasteiger partial charge in [0.2, 0.25) is 0 Å². The highest BCUT2D eigenvalue weighted by molar-refractivity contribution is 7.12. The van der Waals surface area contributed by atoms with Crippen LogP contribution in [0.1, 0.15) is 27.0 Å². The quantitative estimate of drug-likeness (QED) is 0.580. The zero-order valence-electron chi connectivity index (χ0n) is 16.5. The Labute approximate surface area is 174 Å². The van der Waals surface area contributed by atoms with Crippen molar-refractivity contribution in [1.82, 2.24) is 9.80 Å². The van der Waals surface area contributed by atoms with E-state index in [1.165, 1.54) is 11.3 Å². The molecule has 1 amide bonds. The third-order valence-electron chi connectivity index (χ3n) is 5.23. The summed E-state index contributed by atoms with van der Waals surface area (Å²) in [5, 5.41) is 3.86. The smallest absolute Gasteiger partial charge is 0.258 e. The highest BCUT2D eigenvalue weighted by Crippen LogP contribution is 2.30. The summed E-state index contributed by atoms with van der Waals surface area (Å²) >= 11 is 1.47. The number of benzene rings is 2. The second-order valence-corrected chi connectivity index (χ2v) is 8.01. The van der Waals surface area contributed by atoms with Crippen molar-refractivity contribution in [3.8, 4) is 5.75 Å². The van der Waals surface area contributed by atoms with Crippen molar-refractivity contribution < 1.29 is 14.3 Å². The number of ketones is 1. The first-order valence-electron chi connectivity index (χ1n) is 9.90. The minimum absolute atomic E-state index is 0.00511. The Kier molecular flexibility index (Phi) is 5.92. The molecule has 0 spiro atoms. The molecule has 29 heavy (non-hydrogen) atoms. The third kappa shape index (κ3) is 4.18. The van der Waals surface area contributed by atoms with Gasteiger partial charge in [-0.3, -0.25) is 14.5 Å². The highest BCUT2D eigenvalue weighted by Gasteiger charge is 2.27. The molecule has 2 heterocycles. The molecule has 2 aromatic carbocycles. The number of fused-ring (bicyclic) bond motifs is 1. The molecule has 1 aliphatic heterocycles. The lowest BCUT2D eigenvalue weighted by atomic mass is 10.0. The second kappa shape index (κ2) is 8.76. The van der Waals surface area contributed by atoms with E-state index in [0.717, 1.165) is 15.6 Å². The van der Waals surface area contributed by atoms with Gasteiger partial charge in [-0.25, -0.2) is 0 Å². The fourth-order valence-corrected chi connectivity index (χ4v) is 4.39. The zero-order valence-corrected chi connectivity index (χ0v) is 17.3. The maximum absolute atomic E-state index is 13.4. The van der Waals surface area contributed by atoms with Crippen LogP contribution in [0.5, 0.6) is 5.75 Å². The number of carbonyl (C=O) groups is 2. The van der Waals surface area contributed by atoms with Crippen molar-refractivity contribution in [3.63, 3.8) is 0 Å². The molecule has 0 radical (unpaired) electrons. The fraction of sp³-hybridized carbons (Fsp3) is 0.304. The number of thiophene rings is 1. The maximum atomic E-state index is 13.4. The van der Waals surface area contributed by atoms with Crippen molar-refractivity contribution in [2.45, 2.75) is 6.92 Å². The minimum atomic E-state index is -0.00511. The van der Waals surface area contributed by atoms with E-state index in [-0.39, 0.29) is 11.7 Å². The Morgan fingerprint density at radius 2 is 1.79 bits per heavy atom. The van der Waals surface area contributed by atoms with Crippen LogP contribution in [0.15, 0.2) is 53.9 Å². The molecule has 0 aliphatic carbocycles. The summed E-state index contributed by atoms with van der Waals surface area (Å²) in [4.78, 5) is 30.5. The van der Waals surface area contributed by atoms with Gasteiger partial charge in [-0.15, -0.1) is 11.3 Å². The van der Waals surface area contributed by atoms with Gasteiger partial charge in [0.1, 0.15) is 5.75 Å². The molecule has 6 heteroatoms. The molecule has 150 valence electrons. The summed E-state index contributed by atoms with van der Waals surface area (Å²) in [5.41, 5.74) is 0.632.